The first-order valence-corrected chi connectivity index (χ1v) is 9.11. The number of benzene rings is 2. The average molecular weight is 390 g/mol. The molecule has 0 saturated heterocycles. The van der Waals surface area contributed by atoms with Crippen LogP contribution in [0.25, 0.3) is 11.8 Å². The molecule has 4 rings (SSSR count). The van der Waals surface area contributed by atoms with E-state index in [0.717, 1.165) is 5.56 Å². The number of halogens is 1. The molecule has 0 radical (unpaired) electrons. The molecular weight excluding hydrogens is 371 g/mol. The number of hydrogen-bond donors (Lipinski definition) is 1. The summed E-state index contributed by atoms with van der Waals surface area (Å²) in [7, 11) is 0. The smallest absolute Gasteiger partial charge is 0.280 e. The summed E-state index contributed by atoms with van der Waals surface area (Å²) in [6.45, 7) is 5.46. The lowest BCUT2D eigenvalue weighted by molar-refractivity contribution is -0.114. The fourth-order valence-electron chi connectivity index (χ4n) is 3.19. The van der Waals surface area contributed by atoms with E-state index in [1.807, 2.05) is 31.2 Å². The van der Waals surface area contributed by atoms with Crippen molar-refractivity contribution in [2.75, 3.05) is 5.01 Å². The molecule has 7 heteroatoms. The summed E-state index contributed by atoms with van der Waals surface area (Å²) in [5, 5.41) is 8.54. The number of aryl methyl sites for hydroxylation is 2. The Morgan fingerprint density at radius 2 is 1.55 bits per heavy atom. The van der Waals surface area contributed by atoms with Gasteiger partial charge in [-0.2, -0.15) is 10.1 Å². The van der Waals surface area contributed by atoms with Crippen LogP contribution in [0, 0.1) is 19.7 Å². The molecule has 1 N–H and O–H groups in total. The minimum Gasteiger partial charge on any atom is -0.295 e. The van der Waals surface area contributed by atoms with Gasteiger partial charge in [-0.05, 0) is 63.2 Å². The van der Waals surface area contributed by atoms with E-state index >= 15 is 0 Å². The van der Waals surface area contributed by atoms with E-state index in [1.165, 1.54) is 34.0 Å². The summed E-state index contributed by atoms with van der Waals surface area (Å²) in [6, 6.07) is 13.1. The van der Waals surface area contributed by atoms with Gasteiger partial charge in [-0.25, -0.2) is 9.07 Å². The zero-order valence-electron chi connectivity index (χ0n) is 16.2. The molecule has 0 fully saturated rings. The normalized spacial score (nSPS) is 15.3. The Morgan fingerprint density at radius 1 is 0.931 bits per heavy atom. The van der Waals surface area contributed by atoms with Gasteiger partial charge in [0.1, 0.15) is 5.82 Å². The summed E-state index contributed by atoms with van der Waals surface area (Å²) in [6.07, 6.45) is 1.56. The summed E-state index contributed by atoms with van der Waals surface area (Å²) in [4.78, 5) is 25.8. The molecule has 1 amide bonds. The number of aromatic nitrogens is 2. The number of rotatable bonds is 3. The Balaban J connectivity index is 1.72. The van der Waals surface area contributed by atoms with Crippen LogP contribution in [-0.4, -0.2) is 21.4 Å². The lowest BCUT2D eigenvalue weighted by Crippen LogP contribution is -2.22. The van der Waals surface area contributed by atoms with Crippen LogP contribution < -0.4 is 10.6 Å². The molecule has 146 valence electrons. The number of aromatic amines is 1. The molecule has 1 aliphatic rings. The molecule has 0 saturated carbocycles. The summed E-state index contributed by atoms with van der Waals surface area (Å²) in [5.41, 5.74) is 3.86. The highest BCUT2D eigenvalue weighted by Gasteiger charge is 2.29. The van der Waals surface area contributed by atoms with Crippen molar-refractivity contribution in [3.63, 3.8) is 0 Å². The first kappa shape index (κ1) is 18.6. The van der Waals surface area contributed by atoms with Crippen LogP contribution in [0.5, 0.6) is 0 Å². The molecule has 6 nitrogen and oxygen atoms in total. The number of nitrogens with zero attached hydrogens (tertiary/aromatic N) is 3. The predicted molar refractivity (Wildman–Crippen MR) is 111 cm³/mol. The second-order valence-electron chi connectivity index (χ2n) is 6.96. The minimum absolute atomic E-state index is 0.250. The van der Waals surface area contributed by atoms with E-state index in [9.17, 15) is 14.0 Å². The molecule has 0 unspecified atom stereocenters. The molecule has 0 aliphatic carbocycles. The van der Waals surface area contributed by atoms with Crippen molar-refractivity contribution < 1.29 is 9.18 Å². The lowest BCUT2D eigenvalue weighted by Gasteiger charge is -2.11. The first-order chi connectivity index (χ1) is 13.8. The fraction of sp³-hybridized carbons (Fsp3) is 0.136. The van der Waals surface area contributed by atoms with Crippen molar-refractivity contribution in [1.29, 1.82) is 0 Å². The van der Waals surface area contributed by atoms with Gasteiger partial charge in [-0.1, -0.05) is 17.7 Å². The Labute approximate surface area is 166 Å². The Kier molecular flexibility index (Phi) is 4.50. The van der Waals surface area contributed by atoms with Crippen molar-refractivity contribution in [3.05, 3.63) is 87.1 Å². The quantitative estimate of drug-likeness (QED) is 0.693. The van der Waals surface area contributed by atoms with Crippen LogP contribution in [0.15, 0.2) is 64.0 Å². The molecule has 0 spiro atoms. The molecule has 2 heterocycles. The number of anilines is 1. The third kappa shape index (κ3) is 3.31. The predicted octanol–water partition coefficient (Wildman–Crippen LogP) is 3.73. The van der Waals surface area contributed by atoms with Crippen LogP contribution in [0.2, 0.25) is 0 Å². The SMILES string of the molecule is CC1=NN(c2ccc(F)cc2)C(=O)/C1=C\c1c(C)[nH]n(-c2ccc(C)cc2)c1=O. The summed E-state index contributed by atoms with van der Waals surface area (Å²) >= 11 is 0. The Hall–Kier alpha value is -3.74. The third-order valence-electron chi connectivity index (χ3n) is 4.83. The molecule has 2 aromatic carbocycles. The standard InChI is InChI=1S/C22H19FN4O2/c1-13-4-8-17(9-5-13)26-21(28)19(14(2)24-26)12-20-15(3)25-27(22(20)29)18-10-6-16(23)7-11-18/h4-12,24H,1-3H3/b20-12-. The monoisotopic (exact) mass is 390 g/mol. The zero-order chi connectivity index (χ0) is 20.7. The second-order valence-corrected chi connectivity index (χ2v) is 6.96. The Morgan fingerprint density at radius 3 is 2.21 bits per heavy atom. The van der Waals surface area contributed by atoms with Crippen molar-refractivity contribution in [1.82, 2.24) is 9.78 Å². The van der Waals surface area contributed by atoms with Gasteiger partial charge in [0, 0.05) is 5.69 Å². The number of hydrazone groups is 1. The molecule has 3 aromatic rings. The minimum atomic E-state index is -0.392. The molecule has 29 heavy (non-hydrogen) atoms. The van der Waals surface area contributed by atoms with Gasteiger partial charge in [-0.3, -0.25) is 14.7 Å². The highest BCUT2D eigenvalue weighted by molar-refractivity contribution is 6.32. The van der Waals surface area contributed by atoms with Crippen LogP contribution in [0.1, 0.15) is 23.7 Å². The average Bonchev–Trinajstić information content (AvgIpc) is 3.14. The van der Waals surface area contributed by atoms with Crippen molar-refractivity contribution >= 4 is 23.4 Å². The van der Waals surface area contributed by atoms with E-state index in [0.29, 0.717) is 33.9 Å². The summed E-state index contributed by atoms with van der Waals surface area (Å²) in [5.74, 6) is -0.757. The van der Waals surface area contributed by atoms with E-state index in [1.54, 1.807) is 19.9 Å². The maximum atomic E-state index is 13.2. The second kappa shape index (κ2) is 7.01. The number of H-pyrrole nitrogens is 1. The van der Waals surface area contributed by atoms with Crippen molar-refractivity contribution in [2.45, 2.75) is 20.8 Å². The number of hydrogen-bond acceptors (Lipinski definition) is 3. The number of carbonyl (C=O) groups is 1. The number of carbonyl (C=O) groups excluding carboxylic acids is 1. The molecule has 0 atom stereocenters. The molecule has 0 bridgehead atoms. The van der Waals surface area contributed by atoms with E-state index in [2.05, 4.69) is 10.2 Å². The maximum Gasteiger partial charge on any atom is 0.280 e. The van der Waals surface area contributed by atoms with Crippen LogP contribution >= 0.6 is 0 Å². The van der Waals surface area contributed by atoms with Gasteiger partial charge in [0.15, 0.2) is 0 Å². The van der Waals surface area contributed by atoms with Gasteiger partial charge < -0.3 is 0 Å². The van der Waals surface area contributed by atoms with Gasteiger partial charge >= 0.3 is 0 Å². The largest absolute Gasteiger partial charge is 0.295 e. The van der Waals surface area contributed by atoms with E-state index in [-0.39, 0.29) is 11.5 Å². The highest BCUT2D eigenvalue weighted by atomic mass is 19.1. The zero-order valence-corrected chi connectivity index (χ0v) is 16.2. The van der Waals surface area contributed by atoms with Gasteiger partial charge in [0.05, 0.1) is 28.2 Å². The maximum absolute atomic E-state index is 13.2. The highest BCUT2D eigenvalue weighted by Crippen LogP contribution is 2.25. The van der Waals surface area contributed by atoms with Gasteiger partial charge in [0.25, 0.3) is 11.5 Å². The van der Waals surface area contributed by atoms with Crippen molar-refractivity contribution in [3.8, 4) is 5.69 Å². The summed E-state index contributed by atoms with van der Waals surface area (Å²) < 4.78 is 14.6. The molecular formula is C22H19FN4O2. The van der Waals surface area contributed by atoms with E-state index in [4.69, 9.17) is 0 Å². The molecule has 1 aromatic heterocycles. The molecule has 1 aliphatic heterocycles. The fourth-order valence-corrected chi connectivity index (χ4v) is 3.19. The number of amides is 1. The van der Waals surface area contributed by atoms with Crippen LogP contribution in [0.4, 0.5) is 10.1 Å². The van der Waals surface area contributed by atoms with E-state index < -0.39 is 5.82 Å². The van der Waals surface area contributed by atoms with Gasteiger partial charge in [0.2, 0.25) is 0 Å². The van der Waals surface area contributed by atoms with Crippen LogP contribution in [0.3, 0.4) is 0 Å². The van der Waals surface area contributed by atoms with Gasteiger partial charge in [-0.15, -0.1) is 0 Å². The number of nitrogens with one attached hydrogen (secondary N) is 1. The van der Waals surface area contributed by atoms with Crippen molar-refractivity contribution in [2.24, 2.45) is 5.10 Å². The lowest BCUT2D eigenvalue weighted by atomic mass is 10.1. The Bertz CT molecular complexity index is 1220. The third-order valence-corrected chi connectivity index (χ3v) is 4.83. The van der Waals surface area contributed by atoms with Crippen LogP contribution in [-0.2, 0) is 4.79 Å². The first-order valence-electron chi connectivity index (χ1n) is 9.11. The topological polar surface area (TPSA) is 70.5 Å².